The molecule has 2 fully saturated rings. The molecule has 2 amide bonds. The normalized spacial score (nSPS) is 27.1. The summed E-state index contributed by atoms with van der Waals surface area (Å²) in [5.74, 6) is 0. The Bertz CT molecular complexity index is 229. The van der Waals surface area contributed by atoms with E-state index in [1.807, 2.05) is 9.80 Å². The van der Waals surface area contributed by atoms with Gasteiger partial charge in [0.15, 0.2) is 0 Å². The molecule has 5 nitrogen and oxygen atoms in total. The Morgan fingerprint density at radius 1 is 1.27 bits per heavy atom. The number of urea groups is 1. The molecule has 2 heterocycles. The van der Waals surface area contributed by atoms with Crippen molar-refractivity contribution in [2.45, 2.75) is 12.5 Å². The Balaban J connectivity index is 1.85. The van der Waals surface area contributed by atoms with Gasteiger partial charge in [-0.25, -0.2) is 4.79 Å². The quantitative estimate of drug-likeness (QED) is 0.624. The van der Waals surface area contributed by atoms with Gasteiger partial charge in [-0.15, -0.1) is 0 Å². The van der Waals surface area contributed by atoms with Crippen LogP contribution in [0.5, 0.6) is 0 Å². The molecule has 0 bridgehead atoms. The number of methoxy groups -OCH3 is 1. The first kappa shape index (κ1) is 10.7. The number of likely N-dealkylation sites (tertiary alicyclic amines) is 1. The van der Waals surface area contributed by atoms with Gasteiger partial charge in [-0.05, 0) is 6.42 Å². The average Bonchev–Trinajstić information content (AvgIpc) is 2.78. The third-order valence-electron chi connectivity index (χ3n) is 3.03. The lowest BCUT2D eigenvalue weighted by Crippen LogP contribution is -2.47. The Morgan fingerprint density at radius 2 is 2.00 bits per heavy atom. The van der Waals surface area contributed by atoms with Crippen LogP contribution in [0.15, 0.2) is 0 Å². The monoisotopic (exact) mass is 214 g/mol. The van der Waals surface area contributed by atoms with Crippen molar-refractivity contribution in [2.75, 3.05) is 46.5 Å². The zero-order valence-electron chi connectivity index (χ0n) is 9.15. The predicted molar refractivity (Wildman–Crippen MR) is 54.8 cm³/mol. The van der Waals surface area contributed by atoms with Crippen molar-refractivity contribution in [2.24, 2.45) is 0 Å². The van der Waals surface area contributed by atoms with Crippen LogP contribution in [0.3, 0.4) is 0 Å². The average molecular weight is 214 g/mol. The molecule has 1 unspecified atom stereocenters. The minimum Gasteiger partial charge on any atom is -0.380 e. The molecule has 0 aliphatic carbocycles. The fourth-order valence-electron chi connectivity index (χ4n) is 2.05. The lowest BCUT2D eigenvalue weighted by molar-refractivity contribution is 0.0430. The maximum Gasteiger partial charge on any atom is 0.320 e. The number of hydrogen-bond donors (Lipinski definition) is 0. The van der Waals surface area contributed by atoms with E-state index < -0.39 is 0 Å². The summed E-state index contributed by atoms with van der Waals surface area (Å²) in [7, 11) is 1.70. The third-order valence-corrected chi connectivity index (χ3v) is 3.03. The zero-order valence-corrected chi connectivity index (χ0v) is 9.15. The van der Waals surface area contributed by atoms with Gasteiger partial charge < -0.3 is 19.3 Å². The topological polar surface area (TPSA) is 42.0 Å². The summed E-state index contributed by atoms with van der Waals surface area (Å²) in [5, 5.41) is 0. The van der Waals surface area contributed by atoms with Crippen molar-refractivity contribution >= 4 is 6.03 Å². The van der Waals surface area contributed by atoms with Crippen LogP contribution >= 0.6 is 0 Å². The Kier molecular flexibility index (Phi) is 3.43. The second-order valence-electron chi connectivity index (χ2n) is 3.97. The number of rotatable bonds is 1. The highest BCUT2D eigenvalue weighted by molar-refractivity contribution is 5.74. The van der Waals surface area contributed by atoms with Gasteiger partial charge in [-0.3, -0.25) is 0 Å². The van der Waals surface area contributed by atoms with Crippen LogP contribution in [-0.2, 0) is 9.47 Å². The summed E-state index contributed by atoms with van der Waals surface area (Å²) in [6.45, 7) is 4.29. The number of morpholine rings is 1. The van der Waals surface area contributed by atoms with Crippen LogP contribution in [0.1, 0.15) is 6.42 Å². The summed E-state index contributed by atoms with van der Waals surface area (Å²) in [4.78, 5) is 15.7. The smallest absolute Gasteiger partial charge is 0.320 e. The highest BCUT2D eigenvalue weighted by Crippen LogP contribution is 2.14. The van der Waals surface area contributed by atoms with Crippen molar-refractivity contribution in [3.05, 3.63) is 0 Å². The number of carbonyl (C=O) groups is 1. The number of carbonyl (C=O) groups excluding carboxylic acids is 1. The summed E-state index contributed by atoms with van der Waals surface area (Å²) in [6, 6.07) is 0.137. The van der Waals surface area contributed by atoms with Crippen LogP contribution in [0.4, 0.5) is 4.79 Å². The molecule has 0 aromatic carbocycles. The van der Waals surface area contributed by atoms with E-state index in [0.29, 0.717) is 26.3 Å². The van der Waals surface area contributed by atoms with Crippen molar-refractivity contribution in [1.29, 1.82) is 0 Å². The maximum absolute atomic E-state index is 12.0. The Morgan fingerprint density at radius 3 is 2.60 bits per heavy atom. The fourth-order valence-corrected chi connectivity index (χ4v) is 2.05. The van der Waals surface area contributed by atoms with Crippen molar-refractivity contribution in [3.8, 4) is 0 Å². The second kappa shape index (κ2) is 4.81. The van der Waals surface area contributed by atoms with Gasteiger partial charge in [0, 0.05) is 33.3 Å². The number of hydrogen-bond acceptors (Lipinski definition) is 3. The minimum absolute atomic E-state index is 0.137. The van der Waals surface area contributed by atoms with E-state index in [-0.39, 0.29) is 12.1 Å². The van der Waals surface area contributed by atoms with Gasteiger partial charge in [-0.1, -0.05) is 0 Å². The number of nitrogens with zero attached hydrogens (tertiary/aromatic N) is 2. The maximum atomic E-state index is 12.0. The van der Waals surface area contributed by atoms with Crippen LogP contribution < -0.4 is 0 Å². The number of ether oxygens (including phenoxy) is 2. The molecule has 2 aliphatic rings. The van der Waals surface area contributed by atoms with Crippen LogP contribution in [-0.4, -0.2) is 68.4 Å². The standard InChI is InChI=1S/C10H18N2O3/c1-14-9-2-3-12(8-9)10(13)11-4-6-15-7-5-11/h9H,2-8H2,1H3. The van der Waals surface area contributed by atoms with Crippen molar-refractivity contribution in [1.82, 2.24) is 9.80 Å². The van der Waals surface area contributed by atoms with E-state index in [4.69, 9.17) is 9.47 Å². The van der Waals surface area contributed by atoms with E-state index in [9.17, 15) is 4.79 Å². The predicted octanol–water partition coefficient (Wildman–Crippen LogP) is 0.159. The molecule has 0 saturated carbocycles. The molecule has 5 heteroatoms. The molecule has 2 aliphatic heterocycles. The molecule has 2 rings (SSSR count). The lowest BCUT2D eigenvalue weighted by atomic mass is 10.3. The molecular formula is C10H18N2O3. The zero-order chi connectivity index (χ0) is 10.7. The highest BCUT2D eigenvalue weighted by atomic mass is 16.5. The highest BCUT2D eigenvalue weighted by Gasteiger charge is 2.29. The molecule has 15 heavy (non-hydrogen) atoms. The van der Waals surface area contributed by atoms with Crippen molar-refractivity contribution < 1.29 is 14.3 Å². The first-order chi connectivity index (χ1) is 7.31. The molecule has 2 saturated heterocycles. The third kappa shape index (κ3) is 2.41. The molecule has 0 spiro atoms. The van der Waals surface area contributed by atoms with E-state index in [1.54, 1.807) is 7.11 Å². The van der Waals surface area contributed by atoms with Gasteiger partial charge >= 0.3 is 6.03 Å². The fraction of sp³-hybridized carbons (Fsp3) is 0.900. The van der Waals surface area contributed by atoms with Gasteiger partial charge in [0.25, 0.3) is 0 Å². The molecule has 86 valence electrons. The van der Waals surface area contributed by atoms with Gasteiger partial charge in [0.1, 0.15) is 0 Å². The van der Waals surface area contributed by atoms with Crippen molar-refractivity contribution in [3.63, 3.8) is 0 Å². The summed E-state index contributed by atoms with van der Waals surface area (Å²) < 4.78 is 10.5. The molecule has 1 atom stereocenters. The van der Waals surface area contributed by atoms with Gasteiger partial charge in [0.05, 0.1) is 19.3 Å². The first-order valence-corrected chi connectivity index (χ1v) is 5.45. The van der Waals surface area contributed by atoms with Crippen LogP contribution in [0.25, 0.3) is 0 Å². The Hall–Kier alpha value is -0.810. The molecule has 0 N–H and O–H groups in total. The molecule has 0 aromatic heterocycles. The molecule has 0 aromatic rings. The largest absolute Gasteiger partial charge is 0.380 e. The van der Waals surface area contributed by atoms with Gasteiger partial charge in [0.2, 0.25) is 0 Å². The summed E-state index contributed by atoms with van der Waals surface area (Å²) in [5.41, 5.74) is 0. The van der Waals surface area contributed by atoms with E-state index in [2.05, 4.69) is 0 Å². The Labute approximate surface area is 89.9 Å². The van der Waals surface area contributed by atoms with E-state index >= 15 is 0 Å². The van der Waals surface area contributed by atoms with Crippen LogP contribution in [0, 0.1) is 0 Å². The summed E-state index contributed by atoms with van der Waals surface area (Å²) >= 11 is 0. The first-order valence-electron chi connectivity index (χ1n) is 5.45. The van der Waals surface area contributed by atoms with Crippen LogP contribution in [0.2, 0.25) is 0 Å². The van der Waals surface area contributed by atoms with E-state index in [0.717, 1.165) is 19.5 Å². The van der Waals surface area contributed by atoms with E-state index in [1.165, 1.54) is 0 Å². The molecule has 0 radical (unpaired) electrons. The summed E-state index contributed by atoms with van der Waals surface area (Å²) in [6.07, 6.45) is 1.17. The SMILES string of the molecule is COC1CCN(C(=O)N2CCOCC2)C1. The van der Waals surface area contributed by atoms with Gasteiger partial charge in [-0.2, -0.15) is 0 Å². The number of amides is 2. The minimum atomic E-state index is 0.137. The molecular weight excluding hydrogens is 196 g/mol. The lowest BCUT2D eigenvalue weighted by Gasteiger charge is -2.30. The second-order valence-corrected chi connectivity index (χ2v) is 3.97.